The Labute approximate surface area is 101 Å². The quantitative estimate of drug-likeness (QED) is 0.629. The fourth-order valence-electron chi connectivity index (χ4n) is 1.67. The van der Waals surface area contributed by atoms with Crippen LogP contribution in [0.2, 0.25) is 0 Å². The zero-order chi connectivity index (χ0) is 12.5. The van der Waals surface area contributed by atoms with Gasteiger partial charge >= 0.3 is 0 Å². The van der Waals surface area contributed by atoms with E-state index in [1.807, 2.05) is 24.4 Å². The zero-order valence-corrected chi connectivity index (χ0v) is 9.18. The maximum Gasteiger partial charge on any atom is 0.281 e. The Morgan fingerprint density at radius 1 is 1.33 bits per heavy atom. The molecular formula is C11H9N5O2. The van der Waals surface area contributed by atoms with Crippen LogP contribution in [-0.2, 0) is 0 Å². The van der Waals surface area contributed by atoms with E-state index in [1.54, 1.807) is 6.07 Å². The SMILES string of the molecule is Nc1nonc1C(=O)Nc1ccc2[nH]ccc2c1. The van der Waals surface area contributed by atoms with Crippen LogP contribution in [0, 0.1) is 0 Å². The van der Waals surface area contributed by atoms with Crippen molar-refractivity contribution in [2.75, 3.05) is 11.1 Å². The Bertz CT molecular complexity index is 715. The third kappa shape index (κ3) is 1.67. The average Bonchev–Trinajstić information content (AvgIpc) is 2.96. The van der Waals surface area contributed by atoms with Gasteiger partial charge < -0.3 is 16.0 Å². The molecule has 0 unspecified atom stereocenters. The number of amides is 1. The lowest BCUT2D eigenvalue weighted by Gasteiger charge is -2.02. The van der Waals surface area contributed by atoms with Crippen LogP contribution >= 0.6 is 0 Å². The van der Waals surface area contributed by atoms with E-state index < -0.39 is 5.91 Å². The maximum atomic E-state index is 11.8. The van der Waals surface area contributed by atoms with Crippen LogP contribution in [0.5, 0.6) is 0 Å². The van der Waals surface area contributed by atoms with Crippen molar-refractivity contribution in [3.05, 3.63) is 36.2 Å². The number of carbonyl (C=O) groups excluding carboxylic acids is 1. The molecule has 0 saturated carbocycles. The second-order valence-electron chi connectivity index (χ2n) is 3.73. The van der Waals surface area contributed by atoms with Crippen LogP contribution in [-0.4, -0.2) is 21.2 Å². The van der Waals surface area contributed by atoms with Gasteiger partial charge in [-0.05, 0) is 34.6 Å². The van der Waals surface area contributed by atoms with Gasteiger partial charge in [-0.3, -0.25) is 4.79 Å². The number of nitrogens with two attached hydrogens (primary N) is 1. The zero-order valence-electron chi connectivity index (χ0n) is 9.18. The number of anilines is 2. The van der Waals surface area contributed by atoms with Gasteiger partial charge in [0.05, 0.1) is 0 Å². The van der Waals surface area contributed by atoms with Crippen molar-refractivity contribution in [3.63, 3.8) is 0 Å². The predicted molar refractivity (Wildman–Crippen MR) is 65.0 cm³/mol. The van der Waals surface area contributed by atoms with E-state index in [9.17, 15) is 4.79 Å². The number of fused-ring (bicyclic) bond motifs is 1. The van der Waals surface area contributed by atoms with Crippen LogP contribution in [0.3, 0.4) is 0 Å². The van der Waals surface area contributed by atoms with Crippen LogP contribution in [0.25, 0.3) is 10.9 Å². The molecule has 90 valence electrons. The lowest BCUT2D eigenvalue weighted by molar-refractivity contribution is 0.101. The Balaban J connectivity index is 1.88. The standard InChI is InChI=1S/C11H9N5O2/c12-10-9(15-18-16-10)11(17)14-7-1-2-8-6(5-7)3-4-13-8/h1-5,13H,(H2,12,16)(H,14,17). The van der Waals surface area contributed by atoms with E-state index >= 15 is 0 Å². The summed E-state index contributed by atoms with van der Waals surface area (Å²) in [6, 6.07) is 7.40. The minimum Gasteiger partial charge on any atom is -0.379 e. The number of benzene rings is 1. The van der Waals surface area contributed by atoms with Crippen LogP contribution in [0.1, 0.15) is 10.5 Å². The number of hydrogen-bond acceptors (Lipinski definition) is 5. The van der Waals surface area contributed by atoms with Crippen molar-refractivity contribution in [1.29, 1.82) is 0 Å². The first-order chi connectivity index (χ1) is 8.74. The van der Waals surface area contributed by atoms with Gasteiger partial charge in [-0.2, -0.15) is 0 Å². The number of aromatic nitrogens is 3. The van der Waals surface area contributed by atoms with Gasteiger partial charge in [0.2, 0.25) is 11.5 Å². The molecule has 0 aliphatic heterocycles. The molecule has 3 aromatic rings. The monoisotopic (exact) mass is 243 g/mol. The number of carbonyl (C=O) groups is 1. The van der Waals surface area contributed by atoms with E-state index in [1.165, 1.54) is 0 Å². The molecular weight excluding hydrogens is 234 g/mol. The minimum atomic E-state index is -0.455. The van der Waals surface area contributed by atoms with Gasteiger partial charge in [-0.1, -0.05) is 0 Å². The number of nitrogen functional groups attached to an aromatic ring is 1. The molecule has 3 rings (SSSR count). The van der Waals surface area contributed by atoms with E-state index in [-0.39, 0.29) is 11.5 Å². The summed E-state index contributed by atoms with van der Waals surface area (Å²) < 4.78 is 4.37. The van der Waals surface area contributed by atoms with Gasteiger partial charge in [0.1, 0.15) is 0 Å². The third-order valence-electron chi connectivity index (χ3n) is 2.54. The molecule has 0 fully saturated rings. The number of aromatic amines is 1. The molecule has 0 saturated heterocycles. The summed E-state index contributed by atoms with van der Waals surface area (Å²) in [4.78, 5) is 14.9. The third-order valence-corrected chi connectivity index (χ3v) is 2.54. The Morgan fingerprint density at radius 3 is 3.00 bits per heavy atom. The first-order valence-electron chi connectivity index (χ1n) is 5.20. The number of H-pyrrole nitrogens is 1. The van der Waals surface area contributed by atoms with E-state index in [0.29, 0.717) is 5.69 Å². The summed E-state index contributed by atoms with van der Waals surface area (Å²) in [6.07, 6.45) is 1.83. The normalized spacial score (nSPS) is 10.7. The number of nitrogens with one attached hydrogen (secondary N) is 2. The van der Waals surface area contributed by atoms with Crippen LogP contribution in [0.4, 0.5) is 11.5 Å². The molecule has 0 aliphatic rings. The molecule has 0 atom stereocenters. The van der Waals surface area contributed by atoms with E-state index in [4.69, 9.17) is 5.73 Å². The Hall–Kier alpha value is -2.83. The molecule has 0 aliphatic carbocycles. The molecule has 0 spiro atoms. The van der Waals surface area contributed by atoms with Crippen molar-refractivity contribution < 1.29 is 9.42 Å². The first-order valence-corrected chi connectivity index (χ1v) is 5.20. The highest BCUT2D eigenvalue weighted by Crippen LogP contribution is 2.18. The van der Waals surface area contributed by atoms with Crippen molar-refractivity contribution in [3.8, 4) is 0 Å². The van der Waals surface area contributed by atoms with Crippen molar-refractivity contribution in [1.82, 2.24) is 15.3 Å². The molecule has 0 radical (unpaired) electrons. The smallest absolute Gasteiger partial charge is 0.281 e. The summed E-state index contributed by atoms with van der Waals surface area (Å²) in [5.41, 5.74) is 7.06. The van der Waals surface area contributed by atoms with Crippen molar-refractivity contribution in [2.24, 2.45) is 0 Å². The fourth-order valence-corrected chi connectivity index (χ4v) is 1.67. The van der Waals surface area contributed by atoms with Gasteiger partial charge in [-0.15, -0.1) is 0 Å². The lowest BCUT2D eigenvalue weighted by Crippen LogP contribution is -2.14. The summed E-state index contributed by atoms with van der Waals surface area (Å²) in [5, 5.41) is 10.5. The number of hydrogen-bond donors (Lipinski definition) is 3. The Kier molecular flexibility index (Phi) is 2.23. The largest absolute Gasteiger partial charge is 0.379 e. The number of nitrogens with zero attached hydrogens (tertiary/aromatic N) is 2. The van der Waals surface area contributed by atoms with Gasteiger partial charge in [0.25, 0.3) is 5.91 Å². The molecule has 4 N–H and O–H groups in total. The second-order valence-corrected chi connectivity index (χ2v) is 3.73. The first kappa shape index (κ1) is 10.3. The fraction of sp³-hybridized carbons (Fsp3) is 0. The average molecular weight is 243 g/mol. The number of rotatable bonds is 2. The highest BCUT2D eigenvalue weighted by molar-refractivity contribution is 6.06. The topological polar surface area (TPSA) is 110 Å². The predicted octanol–water partition coefficient (Wildman–Crippen LogP) is 1.39. The van der Waals surface area contributed by atoms with Gasteiger partial charge in [0, 0.05) is 22.8 Å². The van der Waals surface area contributed by atoms with Gasteiger partial charge in [0.15, 0.2) is 0 Å². The molecule has 2 heterocycles. The molecule has 2 aromatic heterocycles. The maximum absolute atomic E-state index is 11.8. The molecule has 1 aromatic carbocycles. The molecule has 1 amide bonds. The highest BCUT2D eigenvalue weighted by atomic mass is 16.6. The Morgan fingerprint density at radius 2 is 2.22 bits per heavy atom. The summed E-state index contributed by atoms with van der Waals surface area (Å²) in [5.74, 6) is -0.487. The molecule has 7 nitrogen and oxygen atoms in total. The highest BCUT2D eigenvalue weighted by Gasteiger charge is 2.16. The summed E-state index contributed by atoms with van der Waals surface area (Å²) in [6.45, 7) is 0. The molecule has 18 heavy (non-hydrogen) atoms. The van der Waals surface area contributed by atoms with Gasteiger partial charge in [-0.25, -0.2) is 4.63 Å². The van der Waals surface area contributed by atoms with Crippen LogP contribution < -0.4 is 11.1 Å². The van der Waals surface area contributed by atoms with Crippen LogP contribution in [0.15, 0.2) is 35.1 Å². The summed E-state index contributed by atoms with van der Waals surface area (Å²) >= 11 is 0. The molecule has 0 bridgehead atoms. The lowest BCUT2D eigenvalue weighted by atomic mass is 10.2. The van der Waals surface area contributed by atoms with Crippen molar-refractivity contribution >= 4 is 28.3 Å². The second kappa shape index (κ2) is 3.88. The van der Waals surface area contributed by atoms with E-state index in [0.717, 1.165) is 10.9 Å². The summed E-state index contributed by atoms with van der Waals surface area (Å²) in [7, 11) is 0. The minimum absolute atomic E-state index is 0.0239. The van der Waals surface area contributed by atoms with Crippen molar-refractivity contribution in [2.45, 2.75) is 0 Å². The molecule has 7 heteroatoms. The van der Waals surface area contributed by atoms with E-state index in [2.05, 4.69) is 25.2 Å².